The molecule has 4 aromatic rings. The molecule has 1 aromatic heterocycles. The number of aromatic nitrogens is 1. The monoisotopic (exact) mass is 674 g/mol. The molecule has 0 aliphatic heterocycles. The molecule has 0 fully saturated rings. The predicted molar refractivity (Wildman–Crippen MR) is 161 cm³/mol. The summed E-state index contributed by atoms with van der Waals surface area (Å²) in [7, 11) is -3.75. The Morgan fingerprint density at radius 2 is 1.64 bits per heavy atom. The van der Waals surface area contributed by atoms with Crippen LogP contribution in [0.15, 0.2) is 101 Å². The van der Waals surface area contributed by atoms with Gasteiger partial charge in [-0.2, -0.15) is 0 Å². The third-order valence-electron chi connectivity index (χ3n) is 6.19. The van der Waals surface area contributed by atoms with Gasteiger partial charge >= 0.3 is 6.09 Å². The molecule has 0 spiro atoms. The zero-order valence-electron chi connectivity index (χ0n) is 23.0. The van der Waals surface area contributed by atoms with Crippen LogP contribution in [-0.2, 0) is 21.3 Å². The standard InChI is InChI=1S/C30H31BrN4O5S.ClH/c1-2-16-34-21-25(19-26(31)22-34)29(36)35(27-10-4-3-5-11-27)17-18-40-30(37)32-14-15-33-41(38,39)28-13-12-23-8-6-7-9-24(23)20-28;/h3-13,19-22,33H,2,14-18H2,1H3;1H. The molecule has 2 N–H and O–H groups in total. The summed E-state index contributed by atoms with van der Waals surface area (Å²) in [6.45, 7) is 2.92. The number of benzene rings is 3. The molecular weight excluding hydrogens is 644 g/mol. The largest absolute Gasteiger partial charge is 1.00 e. The van der Waals surface area contributed by atoms with Crippen molar-refractivity contribution in [2.75, 3.05) is 31.1 Å². The lowest BCUT2D eigenvalue weighted by Crippen LogP contribution is -3.00. The molecule has 0 aliphatic carbocycles. The number of alkyl carbamates (subject to hydrolysis) is 1. The van der Waals surface area contributed by atoms with Gasteiger partial charge in [0.2, 0.25) is 10.0 Å². The number of pyridine rings is 1. The van der Waals surface area contributed by atoms with Gasteiger partial charge in [0, 0.05) is 25.2 Å². The molecule has 9 nitrogen and oxygen atoms in total. The molecule has 0 atom stereocenters. The Hall–Kier alpha value is -3.51. The Balaban J connectivity index is 0.00000484. The third-order valence-corrected chi connectivity index (χ3v) is 8.09. The van der Waals surface area contributed by atoms with E-state index in [4.69, 9.17) is 4.74 Å². The number of anilines is 1. The molecule has 0 saturated carbocycles. The highest BCUT2D eigenvalue weighted by molar-refractivity contribution is 9.10. The maximum Gasteiger partial charge on any atom is 0.407 e. The van der Waals surface area contributed by atoms with E-state index in [0.717, 1.165) is 28.2 Å². The second-order valence-electron chi connectivity index (χ2n) is 9.24. The number of para-hydroxylation sites is 1. The Labute approximate surface area is 260 Å². The number of ether oxygens (including phenoxy) is 1. The summed E-state index contributed by atoms with van der Waals surface area (Å²) in [4.78, 5) is 27.5. The SMILES string of the molecule is CCC[n+]1cc(Br)cc(C(=O)N(CCOC(=O)NCCNS(=O)(=O)c2ccc3ccccc3c2)c2ccccc2)c1.[Cl-]. The number of carbonyl (C=O) groups is 2. The summed E-state index contributed by atoms with van der Waals surface area (Å²) >= 11 is 3.48. The van der Waals surface area contributed by atoms with Gasteiger partial charge in [-0.3, -0.25) is 4.79 Å². The fraction of sp³-hybridized carbons (Fsp3) is 0.233. The number of hydrogen-bond acceptors (Lipinski definition) is 5. The van der Waals surface area contributed by atoms with Gasteiger partial charge in [-0.15, -0.1) is 0 Å². The van der Waals surface area contributed by atoms with Gasteiger partial charge in [-0.1, -0.05) is 55.5 Å². The van der Waals surface area contributed by atoms with Crippen LogP contribution < -0.4 is 31.9 Å². The minimum Gasteiger partial charge on any atom is -1.00 e. The van der Waals surface area contributed by atoms with Crippen molar-refractivity contribution in [1.82, 2.24) is 10.0 Å². The normalized spacial score (nSPS) is 11.0. The van der Waals surface area contributed by atoms with Crippen LogP contribution >= 0.6 is 15.9 Å². The molecule has 0 bridgehead atoms. The van der Waals surface area contributed by atoms with Gasteiger partial charge in [-0.25, -0.2) is 22.5 Å². The minimum atomic E-state index is -3.75. The molecule has 12 heteroatoms. The number of nitrogens with one attached hydrogen (secondary N) is 2. The van der Waals surface area contributed by atoms with Gasteiger partial charge in [0.15, 0.2) is 12.4 Å². The van der Waals surface area contributed by atoms with E-state index in [2.05, 4.69) is 32.9 Å². The number of nitrogens with zero attached hydrogens (tertiary/aromatic N) is 2. The molecule has 4 rings (SSSR count). The fourth-order valence-electron chi connectivity index (χ4n) is 4.26. The van der Waals surface area contributed by atoms with Crippen LogP contribution in [0.2, 0.25) is 0 Å². The highest BCUT2D eigenvalue weighted by Gasteiger charge is 2.22. The highest BCUT2D eigenvalue weighted by atomic mass is 79.9. The van der Waals surface area contributed by atoms with E-state index >= 15 is 0 Å². The van der Waals surface area contributed by atoms with Crippen molar-refractivity contribution in [2.45, 2.75) is 24.8 Å². The maximum absolute atomic E-state index is 13.5. The number of fused-ring (bicyclic) bond motifs is 1. The van der Waals surface area contributed by atoms with Crippen molar-refractivity contribution in [3.8, 4) is 0 Å². The molecular formula is C30H32BrClN4O5S. The van der Waals surface area contributed by atoms with Crippen molar-refractivity contribution >= 4 is 54.4 Å². The van der Waals surface area contributed by atoms with Crippen molar-refractivity contribution in [3.63, 3.8) is 0 Å². The number of aryl methyl sites for hydroxylation is 1. The average molecular weight is 676 g/mol. The zero-order valence-corrected chi connectivity index (χ0v) is 26.2. The third kappa shape index (κ3) is 8.99. The van der Waals surface area contributed by atoms with Crippen LogP contribution in [0.1, 0.15) is 23.7 Å². The first-order valence-corrected chi connectivity index (χ1v) is 15.5. The predicted octanol–water partition coefficient (Wildman–Crippen LogP) is 1.66. The van der Waals surface area contributed by atoms with E-state index in [-0.39, 0.29) is 49.5 Å². The minimum absolute atomic E-state index is 0. The molecule has 222 valence electrons. The van der Waals surface area contributed by atoms with Crippen LogP contribution in [0.3, 0.4) is 0 Å². The number of carbonyl (C=O) groups excluding carboxylic acids is 2. The summed E-state index contributed by atoms with van der Waals surface area (Å²) < 4.78 is 35.9. The van der Waals surface area contributed by atoms with Crippen molar-refractivity contribution in [3.05, 3.63) is 101 Å². The van der Waals surface area contributed by atoms with Gasteiger partial charge < -0.3 is 27.4 Å². The first kappa shape index (κ1) is 33.0. The van der Waals surface area contributed by atoms with E-state index < -0.39 is 16.1 Å². The summed E-state index contributed by atoms with van der Waals surface area (Å²) in [6.07, 6.45) is 3.94. The highest BCUT2D eigenvalue weighted by Crippen LogP contribution is 2.19. The average Bonchev–Trinajstić information content (AvgIpc) is 2.97. The zero-order chi connectivity index (χ0) is 29.2. The van der Waals surface area contributed by atoms with Gasteiger partial charge in [0.1, 0.15) is 18.7 Å². The molecule has 0 saturated heterocycles. The maximum atomic E-state index is 13.5. The first-order valence-electron chi connectivity index (χ1n) is 13.2. The fourth-order valence-corrected chi connectivity index (χ4v) is 5.84. The lowest BCUT2D eigenvalue weighted by Gasteiger charge is -2.22. The smallest absolute Gasteiger partial charge is 0.407 e. The Morgan fingerprint density at radius 3 is 2.38 bits per heavy atom. The molecule has 0 unspecified atom stereocenters. The second-order valence-corrected chi connectivity index (χ2v) is 11.9. The number of sulfonamides is 1. The topological polar surface area (TPSA) is 109 Å². The van der Waals surface area contributed by atoms with Crippen LogP contribution in [0, 0.1) is 0 Å². The summed E-state index contributed by atoms with van der Waals surface area (Å²) in [5, 5.41) is 4.30. The molecule has 42 heavy (non-hydrogen) atoms. The molecule has 1 heterocycles. The van der Waals surface area contributed by atoms with Crippen LogP contribution in [0.25, 0.3) is 10.8 Å². The number of rotatable bonds is 12. The first-order chi connectivity index (χ1) is 19.8. The summed E-state index contributed by atoms with van der Waals surface area (Å²) in [5.74, 6) is -0.227. The quantitative estimate of drug-likeness (QED) is 0.176. The van der Waals surface area contributed by atoms with E-state index in [1.165, 1.54) is 0 Å². The molecule has 0 aliphatic rings. The van der Waals surface area contributed by atoms with Crippen LogP contribution in [-0.4, -0.2) is 46.7 Å². The van der Waals surface area contributed by atoms with E-state index in [9.17, 15) is 18.0 Å². The number of amides is 2. The summed E-state index contributed by atoms with van der Waals surface area (Å²) in [6, 6.07) is 23.3. The van der Waals surface area contributed by atoms with Gasteiger partial charge in [-0.05, 0) is 57.0 Å². The molecule has 0 radical (unpaired) electrons. The molecule has 2 amide bonds. The van der Waals surface area contributed by atoms with E-state index in [0.29, 0.717) is 11.3 Å². The van der Waals surface area contributed by atoms with Crippen molar-refractivity contribution in [1.29, 1.82) is 0 Å². The van der Waals surface area contributed by atoms with Crippen LogP contribution in [0.5, 0.6) is 0 Å². The summed E-state index contributed by atoms with van der Waals surface area (Å²) in [5.41, 5.74) is 1.17. The van der Waals surface area contributed by atoms with E-state index in [1.54, 1.807) is 35.4 Å². The number of halogens is 2. The van der Waals surface area contributed by atoms with Crippen LogP contribution in [0.4, 0.5) is 10.5 Å². The van der Waals surface area contributed by atoms with E-state index in [1.807, 2.05) is 65.4 Å². The number of hydrogen-bond donors (Lipinski definition) is 2. The van der Waals surface area contributed by atoms with Gasteiger partial charge in [0.05, 0.1) is 15.9 Å². The lowest BCUT2D eigenvalue weighted by atomic mass is 10.1. The van der Waals surface area contributed by atoms with Gasteiger partial charge in [0.25, 0.3) is 5.91 Å². The van der Waals surface area contributed by atoms with Crippen molar-refractivity contribution < 1.29 is 39.7 Å². The molecule has 3 aromatic carbocycles. The Bertz CT molecular complexity index is 1620. The Kier molecular flexibility index (Phi) is 12.3. The Morgan fingerprint density at radius 1 is 0.929 bits per heavy atom. The second kappa shape index (κ2) is 15.6. The van der Waals surface area contributed by atoms with Crippen molar-refractivity contribution in [2.24, 2.45) is 0 Å². The lowest BCUT2D eigenvalue weighted by molar-refractivity contribution is -0.697.